The lowest BCUT2D eigenvalue weighted by molar-refractivity contribution is -0.136. The van der Waals surface area contributed by atoms with E-state index in [-0.39, 0.29) is 11.8 Å². The summed E-state index contributed by atoms with van der Waals surface area (Å²) in [6.45, 7) is 5.71. The van der Waals surface area contributed by atoms with Gasteiger partial charge in [0.15, 0.2) is 0 Å². The molecule has 0 unspecified atom stereocenters. The molecular weight excluding hydrogens is 226 g/mol. The summed E-state index contributed by atoms with van der Waals surface area (Å²) in [4.78, 5) is 22.4. The number of carbonyl (C=O) groups is 1. The standard InChI is InChI=1S/C14H21N3O/c1-11(2)14(18)17-7-3-4-12(10-17)8-13-9-15-5-6-16-13/h5-6,9,11-12H,3-4,7-8,10H2,1-2H3/t12-/m1/s1. The molecular formula is C14H21N3O. The lowest BCUT2D eigenvalue weighted by Crippen LogP contribution is -2.42. The summed E-state index contributed by atoms with van der Waals surface area (Å²) < 4.78 is 0. The van der Waals surface area contributed by atoms with E-state index in [9.17, 15) is 4.79 Å². The first-order chi connectivity index (χ1) is 8.66. The molecule has 0 aliphatic carbocycles. The Hall–Kier alpha value is -1.45. The number of likely N-dealkylation sites (tertiary alicyclic amines) is 1. The number of nitrogens with zero attached hydrogens (tertiary/aromatic N) is 3. The topological polar surface area (TPSA) is 46.1 Å². The van der Waals surface area contributed by atoms with Crippen LogP contribution in [-0.2, 0) is 11.2 Å². The largest absolute Gasteiger partial charge is 0.342 e. The van der Waals surface area contributed by atoms with Gasteiger partial charge in [-0.2, -0.15) is 0 Å². The molecule has 4 heteroatoms. The van der Waals surface area contributed by atoms with E-state index in [1.54, 1.807) is 12.4 Å². The number of amides is 1. The minimum absolute atomic E-state index is 0.0975. The Morgan fingerprint density at radius 2 is 2.33 bits per heavy atom. The molecule has 1 aliphatic heterocycles. The van der Waals surface area contributed by atoms with Gasteiger partial charge < -0.3 is 4.90 Å². The zero-order chi connectivity index (χ0) is 13.0. The molecule has 1 aromatic rings. The Morgan fingerprint density at radius 1 is 1.50 bits per heavy atom. The Morgan fingerprint density at radius 3 is 3.00 bits per heavy atom. The zero-order valence-corrected chi connectivity index (χ0v) is 11.2. The van der Waals surface area contributed by atoms with Crippen molar-refractivity contribution < 1.29 is 4.79 Å². The van der Waals surface area contributed by atoms with Gasteiger partial charge in [0, 0.05) is 37.6 Å². The number of carbonyl (C=O) groups excluding carboxylic acids is 1. The Labute approximate surface area is 108 Å². The van der Waals surface area contributed by atoms with E-state index in [4.69, 9.17) is 0 Å². The van der Waals surface area contributed by atoms with Gasteiger partial charge in [-0.15, -0.1) is 0 Å². The van der Waals surface area contributed by atoms with Crippen LogP contribution in [0, 0.1) is 11.8 Å². The van der Waals surface area contributed by atoms with E-state index < -0.39 is 0 Å². The maximum absolute atomic E-state index is 12.0. The second-order valence-corrected chi connectivity index (χ2v) is 5.35. The molecule has 1 atom stereocenters. The molecule has 0 aromatic carbocycles. The van der Waals surface area contributed by atoms with Crippen molar-refractivity contribution in [2.75, 3.05) is 13.1 Å². The average Bonchev–Trinajstić information content (AvgIpc) is 2.39. The summed E-state index contributed by atoms with van der Waals surface area (Å²) in [5.41, 5.74) is 1.03. The van der Waals surface area contributed by atoms with Crippen LogP contribution in [0.15, 0.2) is 18.6 Å². The molecule has 0 N–H and O–H groups in total. The second kappa shape index (κ2) is 5.94. The lowest BCUT2D eigenvalue weighted by atomic mass is 9.93. The van der Waals surface area contributed by atoms with E-state index in [0.29, 0.717) is 5.92 Å². The Kier molecular flexibility index (Phi) is 4.28. The van der Waals surface area contributed by atoms with E-state index in [2.05, 4.69) is 9.97 Å². The molecule has 0 saturated carbocycles. The van der Waals surface area contributed by atoms with E-state index >= 15 is 0 Å². The maximum Gasteiger partial charge on any atom is 0.225 e. The monoisotopic (exact) mass is 247 g/mol. The number of piperidine rings is 1. The molecule has 98 valence electrons. The van der Waals surface area contributed by atoms with Gasteiger partial charge in [0.05, 0.1) is 5.69 Å². The summed E-state index contributed by atoms with van der Waals surface area (Å²) in [5.74, 6) is 0.900. The van der Waals surface area contributed by atoms with Gasteiger partial charge in [-0.05, 0) is 25.2 Å². The Balaban J connectivity index is 1.93. The summed E-state index contributed by atoms with van der Waals surface area (Å²) in [6.07, 6.45) is 8.45. The van der Waals surface area contributed by atoms with Crippen molar-refractivity contribution >= 4 is 5.91 Å². The Bertz CT molecular complexity index is 391. The van der Waals surface area contributed by atoms with Crippen LogP contribution in [0.5, 0.6) is 0 Å². The average molecular weight is 247 g/mol. The molecule has 1 amide bonds. The van der Waals surface area contributed by atoms with Crippen LogP contribution in [0.3, 0.4) is 0 Å². The zero-order valence-electron chi connectivity index (χ0n) is 11.2. The highest BCUT2D eigenvalue weighted by atomic mass is 16.2. The molecule has 1 fully saturated rings. The fourth-order valence-corrected chi connectivity index (χ4v) is 2.53. The first kappa shape index (κ1) is 13.0. The molecule has 18 heavy (non-hydrogen) atoms. The minimum atomic E-state index is 0.0975. The van der Waals surface area contributed by atoms with Crippen molar-refractivity contribution in [3.8, 4) is 0 Å². The van der Waals surface area contributed by atoms with Crippen LogP contribution in [-0.4, -0.2) is 33.9 Å². The van der Waals surface area contributed by atoms with Crippen LogP contribution in [0.2, 0.25) is 0 Å². The molecule has 1 aromatic heterocycles. The van der Waals surface area contributed by atoms with Crippen LogP contribution >= 0.6 is 0 Å². The van der Waals surface area contributed by atoms with Gasteiger partial charge in [0.2, 0.25) is 5.91 Å². The van der Waals surface area contributed by atoms with E-state index in [0.717, 1.165) is 31.6 Å². The third kappa shape index (κ3) is 3.28. The summed E-state index contributed by atoms with van der Waals surface area (Å²) in [5, 5.41) is 0. The molecule has 2 heterocycles. The predicted molar refractivity (Wildman–Crippen MR) is 69.9 cm³/mol. The van der Waals surface area contributed by atoms with Gasteiger partial charge in [-0.1, -0.05) is 13.8 Å². The van der Waals surface area contributed by atoms with Gasteiger partial charge in [0.1, 0.15) is 0 Å². The van der Waals surface area contributed by atoms with E-state index in [1.165, 1.54) is 6.42 Å². The highest BCUT2D eigenvalue weighted by molar-refractivity contribution is 5.78. The summed E-state index contributed by atoms with van der Waals surface area (Å²) in [7, 11) is 0. The summed E-state index contributed by atoms with van der Waals surface area (Å²) >= 11 is 0. The molecule has 2 rings (SSSR count). The van der Waals surface area contributed by atoms with Crippen LogP contribution < -0.4 is 0 Å². The smallest absolute Gasteiger partial charge is 0.225 e. The quantitative estimate of drug-likeness (QED) is 0.819. The fraction of sp³-hybridized carbons (Fsp3) is 0.643. The molecule has 1 aliphatic rings. The molecule has 4 nitrogen and oxygen atoms in total. The van der Waals surface area contributed by atoms with Crippen molar-refractivity contribution in [3.63, 3.8) is 0 Å². The van der Waals surface area contributed by atoms with Crippen molar-refractivity contribution in [1.82, 2.24) is 14.9 Å². The number of hydrogen-bond acceptors (Lipinski definition) is 3. The van der Waals surface area contributed by atoms with Crippen LogP contribution in [0.1, 0.15) is 32.4 Å². The predicted octanol–water partition coefficient (Wildman–Crippen LogP) is 1.91. The van der Waals surface area contributed by atoms with Gasteiger partial charge in [-0.25, -0.2) is 0 Å². The van der Waals surface area contributed by atoms with Crippen molar-refractivity contribution in [3.05, 3.63) is 24.3 Å². The highest BCUT2D eigenvalue weighted by Crippen LogP contribution is 2.21. The van der Waals surface area contributed by atoms with Crippen LogP contribution in [0.4, 0.5) is 0 Å². The van der Waals surface area contributed by atoms with E-state index in [1.807, 2.05) is 24.9 Å². The number of hydrogen-bond donors (Lipinski definition) is 0. The third-order valence-corrected chi connectivity index (χ3v) is 3.44. The van der Waals surface area contributed by atoms with Gasteiger partial charge in [0.25, 0.3) is 0 Å². The van der Waals surface area contributed by atoms with Gasteiger partial charge in [-0.3, -0.25) is 14.8 Å². The number of aromatic nitrogens is 2. The second-order valence-electron chi connectivity index (χ2n) is 5.35. The van der Waals surface area contributed by atoms with Crippen molar-refractivity contribution in [2.24, 2.45) is 11.8 Å². The van der Waals surface area contributed by atoms with Crippen LogP contribution in [0.25, 0.3) is 0 Å². The molecule has 0 radical (unpaired) electrons. The lowest BCUT2D eigenvalue weighted by Gasteiger charge is -2.33. The van der Waals surface area contributed by atoms with Crippen molar-refractivity contribution in [1.29, 1.82) is 0 Å². The summed E-state index contributed by atoms with van der Waals surface area (Å²) in [6, 6.07) is 0. The first-order valence-corrected chi connectivity index (χ1v) is 6.70. The fourth-order valence-electron chi connectivity index (χ4n) is 2.53. The molecule has 0 bridgehead atoms. The molecule has 1 saturated heterocycles. The SMILES string of the molecule is CC(C)C(=O)N1CCC[C@H](Cc2cnccn2)C1. The highest BCUT2D eigenvalue weighted by Gasteiger charge is 2.25. The number of rotatable bonds is 3. The molecule has 0 spiro atoms. The third-order valence-electron chi connectivity index (χ3n) is 3.44. The van der Waals surface area contributed by atoms with Crippen molar-refractivity contribution in [2.45, 2.75) is 33.1 Å². The first-order valence-electron chi connectivity index (χ1n) is 6.70. The maximum atomic E-state index is 12.0. The normalized spacial score (nSPS) is 20.2. The van der Waals surface area contributed by atoms with Gasteiger partial charge >= 0.3 is 0 Å². The minimum Gasteiger partial charge on any atom is -0.342 e.